The van der Waals surface area contributed by atoms with Gasteiger partial charge < -0.3 is 17.8 Å². The van der Waals surface area contributed by atoms with Crippen LogP contribution in [0.5, 0.6) is 0 Å². The van der Waals surface area contributed by atoms with Crippen LogP contribution in [0.1, 0.15) is 0 Å². The quantitative estimate of drug-likeness (QED) is 0.179. The van der Waals surface area contributed by atoms with Crippen LogP contribution in [0.15, 0.2) is 0 Å². The van der Waals surface area contributed by atoms with Gasteiger partial charge in [-0.05, 0) is 6.08 Å². The second-order valence-electron chi connectivity index (χ2n) is 0.0913. The number of hydrogen-bond donors (Lipinski definition) is 0. The van der Waals surface area contributed by atoms with E-state index < -0.39 is 0 Å². The van der Waals surface area contributed by atoms with E-state index in [4.69, 9.17) is 10.2 Å². The monoisotopic (exact) mass is 123 g/mol. The van der Waals surface area contributed by atoms with Gasteiger partial charge >= 0.3 is 59.1 Å². The zero-order valence-corrected chi connectivity index (χ0v) is 8.49. The topological polar surface area (TPSA) is 39.4 Å². The first-order valence-electron chi connectivity index (χ1n) is 0.428. The molecule has 0 atom stereocenters. The second kappa shape index (κ2) is 30.1. The minimum atomic E-state index is 0. The molecule has 0 bridgehead atoms. The number of carbonyl (C=O) groups excluding carboxylic acids is 1. The molecule has 0 aliphatic heterocycles. The van der Waals surface area contributed by atoms with Crippen molar-refractivity contribution >= 4 is 6.08 Å². The summed E-state index contributed by atoms with van der Waals surface area (Å²) in [5, 5.41) is 6.76. The molecule has 0 aliphatic carbocycles. The smallest absolute Gasteiger partial charge is 1.00 e. The maximum absolute atomic E-state index is 8.24. The molecular formula is CClNNa2O. The molecule has 24 valence electrons. The van der Waals surface area contributed by atoms with Crippen molar-refractivity contribution in [2.24, 2.45) is 0 Å². The number of rotatable bonds is 0. The molecule has 0 aromatic heterocycles. The maximum Gasteiger partial charge on any atom is 1.00 e. The molecule has 0 amide bonds. The molecular weight excluding hydrogens is 123 g/mol. The number of isocyanates is 1. The van der Waals surface area contributed by atoms with E-state index in [-0.39, 0.29) is 71.5 Å². The van der Waals surface area contributed by atoms with Gasteiger partial charge in [0.25, 0.3) is 0 Å². The molecule has 6 heavy (non-hydrogen) atoms. The van der Waals surface area contributed by atoms with Gasteiger partial charge in [-0.25, -0.2) is 0 Å². The third-order valence-corrected chi connectivity index (χ3v) is 0. The average Bonchev–Trinajstić information content (AvgIpc) is 0.918. The van der Waals surface area contributed by atoms with Crippen LogP contribution in [-0.4, -0.2) is 6.08 Å². The Balaban J connectivity index is -0.00000000667. The van der Waals surface area contributed by atoms with Crippen molar-refractivity contribution in [3.05, 3.63) is 5.41 Å². The third kappa shape index (κ3) is 44.3. The van der Waals surface area contributed by atoms with E-state index in [0.717, 1.165) is 0 Å². The predicted molar refractivity (Wildman–Crippen MR) is 9.05 cm³/mol. The van der Waals surface area contributed by atoms with E-state index >= 15 is 0 Å². The Labute approximate surface area is 86.6 Å². The first kappa shape index (κ1) is 25.3. The van der Waals surface area contributed by atoms with Crippen molar-refractivity contribution < 1.29 is 76.3 Å². The minimum absolute atomic E-state index is 0. The number of nitrogens with zero attached hydrogens (tertiary/aromatic N) is 1. The molecule has 0 rings (SSSR count). The van der Waals surface area contributed by atoms with E-state index in [1.54, 1.807) is 0 Å². The fraction of sp³-hybridized carbons (Fsp3) is 0. The molecule has 0 aromatic rings. The Kier molecular flexibility index (Phi) is 127. The average molecular weight is 123 g/mol. The standard InChI is InChI=1S/CNO.ClH.2Na/c2-1-3;;;/h;1H;;/q-1;;2*+1/p-1. The van der Waals surface area contributed by atoms with Crippen LogP contribution in [0.2, 0.25) is 0 Å². The largest absolute Gasteiger partial charge is 1.00 e. The van der Waals surface area contributed by atoms with E-state index in [9.17, 15) is 0 Å². The molecule has 0 spiro atoms. The summed E-state index contributed by atoms with van der Waals surface area (Å²) in [5.74, 6) is 0. The fourth-order valence-corrected chi connectivity index (χ4v) is 0. The Morgan fingerprint density at radius 3 is 1.33 bits per heavy atom. The van der Waals surface area contributed by atoms with Gasteiger partial charge in [-0.3, -0.25) is 4.79 Å². The molecule has 0 fully saturated rings. The Bertz CT molecular complexity index is 34.5. The van der Waals surface area contributed by atoms with Crippen LogP contribution in [0.3, 0.4) is 0 Å². The minimum Gasteiger partial charge on any atom is -1.00 e. The summed E-state index contributed by atoms with van der Waals surface area (Å²) in [7, 11) is 0. The molecule has 0 N–H and O–H groups in total. The summed E-state index contributed by atoms with van der Waals surface area (Å²) in [5.41, 5.74) is 0. The van der Waals surface area contributed by atoms with Crippen LogP contribution in [0.4, 0.5) is 0 Å². The van der Waals surface area contributed by atoms with Crippen LogP contribution in [0, 0.1) is 0 Å². The normalized spacial score (nSPS) is 1.33. The number of halogens is 1. The van der Waals surface area contributed by atoms with Crippen molar-refractivity contribution in [3.63, 3.8) is 0 Å². The summed E-state index contributed by atoms with van der Waals surface area (Å²) >= 11 is 0. The Morgan fingerprint density at radius 2 is 1.33 bits per heavy atom. The molecule has 0 heterocycles. The van der Waals surface area contributed by atoms with Crippen molar-refractivity contribution in [3.8, 4) is 0 Å². The van der Waals surface area contributed by atoms with Crippen LogP contribution >= 0.6 is 0 Å². The molecule has 0 saturated carbocycles. The SMILES string of the molecule is [Cl-].[N-]=C=O.[Na+].[Na+]. The Morgan fingerprint density at radius 1 is 1.33 bits per heavy atom. The summed E-state index contributed by atoms with van der Waals surface area (Å²) in [6, 6.07) is 0. The van der Waals surface area contributed by atoms with Gasteiger partial charge in [-0.15, -0.1) is 0 Å². The van der Waals surface area contributed by atoms with E-state index in [1.807, 2.05) is 0 Å². The summed E-state index contributed by atoms with van der Waals surface area (Å²) in [6.45, 7) is 0. The van der Waals surface area contributed by atoms with E-state index in [0.29, 0.717) is 6.08 Å². The first-order chi connectivity index (χ1) is 1.41. The summed E-state index contributed by atoms with van der Waals surface area (Å²) in [6.07, 6.45) is 0.500. The van der Waals surface area contributed by atoms with E-state index in [1.165, 1.54) is 0 Å². The number of hydrogen-bond acceptors (Lipinski definition) is 1. The van der Waals surface area contributed by atoms with Gasteiger partial charge in [-0.2, -0.15) is 0 Å². The van der Waals surface area contributed by atoms with Gasteiger partial charge in [0.1, 0.15) is 0 Å². The van der Waals surface area contributed by atoms with Crippen LogP contribution in [0.25, 0.3) is 5.41 Å². The maximum atomic E-state index is 8.24. The van der Waals surface area contributed by atoms with Gasteiger partial charge in [0, 0.05) is 0 Å². The molecule has 0 radical (unpaired) electrons. The molecule has 2 nitrogen and oxygen atoms in total. The van der Waals surface area contributed by atoms with E-state index in [2.05, 4.69) is 0 Å². The first-order valence-corrected chi connectivity index (χ1v) is 0.428. The second-order valence-corrected chi connectivity index (χ2v) is 0.0913. The van der Waals surface area contributed by atoms with Crippen molar-refractivity contribution in [1.82, 2.24) is 0 Å². The van der Waals surface area contributed by atoms with Gasteiger partial charge in [0.15, 0.2) is 0 Å². The van der Waals surface area contributed by atoms with Gasteiger partial charge in [0.2, 0.25) is 0 Å². The van der Waals surface area contributed by atoms with Crippen molar-refractivity contribution in [2.75, 3.05) is 0 Å². The van der Waals surface area contributed by atoms with Crippen molar-refractivity contribution in [2.45, 2.75) is 0 Å². The fourth-order valence-electron chi connectivity index (χ4n) is 0. The molecule has 0 saturated heterocycles. The summed E-state index contributed by atoms with van der Waals surface area (Å²) in [4.78, 5) is 8.24. The molecule has 0 unspecified atom stereocenters. The van der Waals surface area contributed by atoms with Crippen molar-refractivity contribution in [1.29, 1.82) is 0 Å². The van der Waals surface area contributed by atoms with Gasteiger partial charge in [0.05, 0.1) is 0 Å². The van der Waals surface area contributed by atoms with Crippen LogP contribution in [-0.2, 0) is 4.79 Å². The molecule has 5 heteroatoms. The third-order valence-electron chi connectivity index (χ3n) is 0. The zero-order chi connectivity index (χ0) is 2.71. The Hall–Kier alpha value is 1.67. The summed E-state index contributed by atoms with van der Waals surface area (Å²) < 4.78 is 0. The zero-order valence-electron chi connectivity index (χ0n) is 3.73. The molecule has 0 aromatic carbocycles. The predicted octanol–water partition coefficient (Wildman–Crippen LogP) is -9.10. The van der Waals surface area contributed by atoms with Crippen LogP contribution < -0.4 is 71.5 Å². The molecule has 0 aliphatic rings. The van der Waals surface area contributed by atoms with Gasteiger partial charge in [-0.1, -0.05) is 0 Å².